The molecule has 0 amide bonds. The highest BCUT2D eigenvalue weighted by Gasteiger charge is 2.25. The molecule has 1 fully saturated rings. The van der Waals surface area contributed by atoms with Gasteiger partial charge in [-0.15, -0.1) is 35.0 Å². The Morgan fingerprint density at radius 1 is 1.09 bits per heavy atom. The Balaban J connectivity index is 0.00000153. The van der Waals surface area contributed by atoms with E-state index in [0.29, 0.717) is 29.0 Å². The summed E-state index contributed by atoms with van der Waals surface area (Å²) >= 11 is 1.62. The number of hydrogen-bond donors (Lipinski definition) is 3. The minimum atomic E-state index is 0. The number of thiazole rings is 1. The summed E-state index contributed by atoms with van der Waals surface area (Å²) in [7, 11) is 4.16. The van der Waals surface area contributed by atoms with Crippen LogP contribution in [0.25, 0.3) is 32.7 Å². The average Bonchev–Trinajstić information content (AvgIpc) is 3.48. The van der Waals surface area contributed by atoms with Crippen LogP contribution in [-0.4, -0.2) is 56.7 Å². The van der Waals surface area contributed by atoms with E-state index in [0.717, 1.165) is 33.8 Å². The normalized spacial score (nSPS) is 17.9. The van der Waals surface area contributed by atoms with Crippen LogP contribution in [0.2, 0.25) is 0 Å². The molecule has 0 spiro atoms. The van der Waals surface area contributed by atoms with Crippen LogP contribution in [0, 0.1) is 0 Å². The summed E-state index contributed by atoms with van der Waals surface area (Å²) in [6, 6.07) is 8.61. The maximum absolute atomic E-state index is 10.6. The van der Waals surface area contributed by atoms with E-state index in [1.807, 2.05) is 25.2 Å². The number of nitrogens with one attached hydrogen (secondary N) is 2. The number of aromatic amines is 1. The molecule has 3 aromatic heterocycles. The number of phenols is 1. The quantitative estimate of drug-likeness (QED) is 0.360. The van der Waals surface area contributed by atoms with Crippen LogP contribution in [0.5, 0.6) is 5.75 Å². The molecule has 8 nitrogen and oxygen atoms in total. The number of H-pyrrole nitrogens is 1. The van der Waals surface area contributed by atoms with Gasteiger partial charge in [-0.1, -0.05) is 17.4 Å². The summed E-state index contributed by atoms with van der Waals surface area (Å²) in [5.74, 6) is 0.163. The summed E-state index contributed by atoms with van der Waals surface area (Å²) in [5, 5.41) is 30.4. The molecular formula is C22H27Cl2N7OS. The van der Waals surface area contributed by atoms with Crippen LogP contribution in [0.15, 0.2) is 36.7 Å². The van der Waals surface area contributed by atoms with Crippen molar-refractivity contribution >= 4 is 51.6 Å². The van der Waals surface area contributed by atoms with Crippen LogP contribution in [0.1, 0.15) is 25.7 Å². The highest BCUT2D eigenvalue weighted by Crippen LogP contribution is 2.36. The second-order valence-corrected chi connectivity index (χ2v) is 9.05. The van der Waals surface area contributed by atoms with E-state index in [1.165, 1.54) is 12.8 Å². The first-order valence-corrected chi connectivity index (χ1v) is 11.3. The van der Waals surface area contributed by atoms with E-state index in [-0.39, 0.29) is 30.6 Å². The van der Waals surface area contributed by atoms with Crippen LogP contribution in [-0.2, 0) is 0 Å². The van der Waals surface area contributed by atoms with E-state index < -0.39 is 0 Å². The average molecular weight is 508 g/mol. The number of nitrogens with zero attached hydrogens (tertiary/aromatic N) is 5. The van der Waals surface area contributed by atoms with Crippen molar-refractivity contribution in [1.29, 1.82) is 0 Å². The number of hydrogen-bond acceptors (Lipinski definition) is 8. The summed E-state index contributed by atoms with van der Waals surface area (Å²) < 4.78 is 0.967. The fourth-order valence-corrected chi connectivity index (χ4v) is 5.23. The number of halogens is 2. The van der Waals surface area contributed by atoms with Crippen LogP contribution in [0.3, 0.4) is 0 Å². The summed E-state index contributed by atoms with van der Waals surface area (Å²) in [6.07, 6.45) is 8.21. The van der Waals surface area contributed by atoms with Crippen molar-refractivity contribution in [2.24, 2.45) is 0 Å². The summed E-state index contributed by atoms with van der Waals surface area (Å²) in [5.41, 5.74) is 3.74. The Hall–Kier alpha value is -2.46. The minimum absolute atomic E-state index is 0. The Bertz CT molecular complexity index is 1190. The Morgan fingerprint density at radius 3 is 2.55 bits per heavy atom. The predicted octanol–water partition coefficient (Wildman–Crippen LogP) is 4.66. The van der Waals surface area contributed by atoms with Gasteiger partial charge in [0.1, 0.15) is 5.75 Å². The Kier molecular flexibility index (Phi) is 8.12. The zero-order valence-corrected chi connectivity index (χ0v) is 20.8. The van der Waals surface area contributed by atoms with Gasteiger partial charge in [0.15, 0.2) is 10.8 Å². The maximum atomic E-state index is 10.6. The molecule has 3 heterocycles. The number of anilines is 1. The number of fused-ring (bicyclic) bond motifs is 1. The van der Waals surface area contributed by atoms with E-state index in [9.17, 15) is 5.11 Å². The third-order valence-corrected chi connectivity index (χ3v) is 7.29. The highest BCUT2D eigenvalue weighted by atomic mass is 35.5. The second kappa shape index (κ2) is 10.6. The molecule has 1 aromatic carbocycles. The smallest absolute Gasteiger partial charge is 0.194 e. The molecule has 0 atom stereocenters. The molecule has 0 aliphatic heterocycles. The number of rotatable bonds is 5. The molecule has 5 rings (SSSR count). The molecule has 33 heavy (non-hydrogen) atoms. The third-order valence-electron chi connectivity index (χ3n) is 6.20. The molecule has 0 radical (unpaired) electrons. The number of benzene rings is 1. The first-order valence-electron chi connectivity index (χ1n) is 10.5. The van der Waals surface area contributed by atoms with Gasteiger partial charge in [0.25, 0.3) is 0 Å². The molecule has 0 unspecified atom stereocenters. The van der Waals surface area contributed by atoms with E-state index in [4.69, 9.17) is 4.98 Å². The lowest BCUT2D eigenvalue weighted by Crippen LogP contribution is -2.39. The van der Waals surface area contributed by atoms with Gasteiger partial charge in [0.05, 0.1) is 16.6 Å². The monoisotopic (exact) mass is 507 g/mol. The molecule has 4 aromatic rings. The van der Waals surface area contributed by atoms with E-state index in [1.54, 1.807) is 29.8 Å². The molecule has 0 bridgehead atoms. The maximum Gasteiger partial charge on any atom is 0.194 e. The van der Waals surface area contributed by atoms with Crippen molar-refractivity contribution < 1.29 is 5.11 Å². The molecule has 3 N–H and O–H groups in total. The Morgan fingerprint density at radius 2 is 1.88 bits per heavy atom. The van der Waals surface area contributed by atoms with Gasteiger partial charge in [-0.25, -0.2) is 0 Å². The lowest BCUT2D eigenvalue weighted by atomic mass is 9.91. The fourth-order valence-electron chi connectivity index (χ4n) is 4.26. The zero-order valence-electron chi connectivity index (χ0n) is 18.4. The summed E-state index contributed by atoms with van der Waals surface area (Å²) in [6.45, 7) is 0. The Labute approximate surface area is 208 Å². The van der Waals surface area contributed by atoms with Crippen LogP contribution < -0.4 is 10.2 Å². The standard InChI is InChI=1S/C22H25N7OS.2ClH/c1-23-15-4-6-16(7-5-15)29(2)22-26-21-20(31-22)10-18(27-28-21)17-8-3-13(9-19(17)30)14-11-24-25-12-14;;/h3,8-12,15-16,23,30H,4-7H2,1-2H3,(H,24,25);2*1H. The molecule has 1 aliphatic rings. The topological polar surface area (TPSA) is 103 Å². The second-order valence-electron chi connectivity index (χ2n) is 8.04. The van der Waals surface area contributed by atoms with Gasteiger partial charge in [-0.2, -0.15) is 10.1 Å². The molecular weight excluding hydrogens is 481 g/mol. The third kappa shape index (κ3) is 5.06. The van der Waals surface area contributed by atoms with Gasteiger partial charge in [-0.05, 0) is 56.5 Å². The first-order chi connectivity index (χ1) is 15.1. The van der Waals surface area contributed by atoms with Crippen molar-refractivity contribution in [2.75, 3.05) is 19.0 Å². The number of phenolic OH excluding ortho intramolecular Hbond substituents is 1. The molecule has 1 saturated carbocycles. The van der Waals surface area contributed by atoms with Gasteiger partial charge >= 0.3 is 0 Å². The van der Waals surface area contributed by atoms with Gasteiger partial charge < -0.3 is 15.3 Å². The van der Waals surface area contributed by atoms with Crippen LogP contribution >= 0.6 is 36.2 Å². The molecule has 0 saturated heterocycles. The van der Waals surface area contributed by atoms with Gasteiger partial charge in [0.2, 0.25) is 0 Å². The SMILES string of the molecule is CNC1CCC(N(C)c2nc3nnc(-c4ccc(-c5cn[nH]c5)cc4O)cc3s2)CC1.Cl.Cl. The number of aromatic hydroxyl groups is 1. The van der Waals surface area contributed by atoms with Crippen LogP contribution in [0.4, 0.5) is 5.13 Å². The van der Waals surface area contributed by atoms with Gasteiger partial charge in [-0.3, -0.25) is 5.10 Å². The van der Waals surface area contributed by atoms with E-state index >= 15 is 0 Å². The van der Waals surface area contributed by atoms with E-state index in [2.05, 4.69) is 37.7 Å². The van der Waals surface area contributed by atoms with Crippen molar-refractivity contribution in [2.45, 2.75) is 37.8 Å². The molecule has 11 heteroatoms. The highest BCUT2D eigenvalue weighted by molar-refractivity contribution is 7.22. The van der Waals surface area contributed by atoms with Gasteiger partial charge in [0, 0.05) is 36.5 Å². The summed E-state index contributed by atoms with van der Waals surface area (Å²) in [4.78, 5) is 7.00. The molecule has 176 valence electrons. The zero-order chi connectivity index (χ0) is 21.4. The predicted molar refractivity (Wildman–Crippen MR) is 138 cm³/mol. The van der Waals surface area contributed by atoms with Crippen molar-refractivity contribution in [3.8, 4) is 28.1 Å². The largest absolute Gasteiger partial charge is 0.507 e. The lowest BCUT2D eigenvalue weighted by molar-refractivity contribution is 0.351. The van der Waals surface area contributed by atoms with Crippen molar-refractivity contribution in [3.63, 3.8) is 0 Å². The molecule has 1 aliphatic carbocycles. The van der Waals surface area contributed by atoms with Crippen molar-refractivity contribution in [1.82, 2.24) is 30.7 Å². The first kappa shape index (κ1) is 25.2. The minimum Gasteiger partial charge on any atom is -0.507 e. The number of aromatic nitrogens is 5. The van der Waals surface area contributed by atoms with Crippen molar-refractivity contribution in [3.05, 3.63) is 36.7 Å². The lowest BCUT2D eigenvalue weighted by Gasteiger charge is -2.34. The fraction of sp³-hybridized carbons (Fsp3) is 0.364.